The van der Waals surface area contributed by atoms with Crippen LogP contribution in [0.1, 0.15) is 19.8 Å². The van der Waals surface area contributed by atoms with Crippen LogP contribution < -0.4 is 10.1 Å². The summed E-state index contributed by atoms with van der Waals surface area (Å²) in [4.78, 5) is 16.2. The molecule has 3 aromatic rings. The molecule has 0 bridgehead atoms. The van der Waals surface area contributed by atoms with Gasteiger partial charge in [-0.15, -0.1) is 0 Å². The van der Waals surface area contributed by atoms with Crippen molar-refractivity contribution in [1.29, 1.82) is 0 Å². The summed E-state index contributed by atoms with van der Waals surface area (Å²) in [6.07, 6.45) is 1.33. The second-order valence-electron chi connectivity index (χ2n) is 5.23. The lowest BCUT2D eigenvalue weighted by molar-refractivity contribution is -0.116. The average molecular weight is 310 g/mol. The maximum atomic E-state index is 11.7. The number of anilines is 1. The zero-order chi connectivity index (χ0) is 16.2. The molecule has 0 spiro atoms. The number of nitrogens with zero attached hydrogens (tertiary/aromatic N) is 1. The number of hydrogen-bond donors (Lipinski definition) is 1. The highest BCUT2D eigenvalue weighted by Crippen LogP contribution is 2.27. The van der Waals surface area contributed by atoms with Crippen molar-refractivity contribution in [2.75, 3.05) is 12.4 Å². The van der Waals surface area contributed by atoms with Crippen molar-refractivity contribution < 1.29 is 13.9 Å². The number of amides is 1. The predicted octanol–water partition coefficient (Wildman–Crippen LogP) is 4.24. The summed E-state index contributed by atoms with van der Waals surface area (Å²) in [5, 5.41) is 2.86. The fourth-order valence-corrected chi connectivity index (χ4v) is 2.31. The van der Waals surface area contributed by atoms with Gasteiger partial charge in [-0.05, 0) is 48.9 Å². The van der Waals surface area contributed by atoms with E-state index in [-0.39, 0.29) is 5.91 Å². The third-order valence-corrected chi connectivity index (χ3v) is 3.49. The van der Waals surface area contributed by atoms with Crippen LogP contribution >= 0.6 is 0 Å². The number of aromatic nitrogens is 1. The number of nitrogens with one attached hydrogen (secondary N) is 1. The van der Waals surface area contributed by atoms with E-state index in [0.29, 0.717) is 23.4 Å². The Morgan fingerprint density at radius 2 is 2.00 bits per heavy atom. The molecule has 3 rings (SSSR count). The first kappa shape index (κ1) is 15.1. The molecule has 5 heteroatoms. The van der Waals surface area contributed by atoms with Gasteiger partial charge >= 0.3 is 0 Å². The molecule has 0 fully saturated rings. The minimum Gasteiger partial charge on any atom is -0.497 e. The zero-order valence-corrected chi connectivity index (χ0v) is 13.1. The lowest BCUT2D eigenvalue weighted by Gasteiger charge is -2.02. The number of hydrogen-bond acceptors (Lipinski definition) is 4. The molecule has 0 unspecified atom stereocenters. The standard InChI is InChI=1S/C18H18N2O3/c1-3-4-17(21)19-13-7-10-16-15(11-13)20-18(23-16)12-5-8-14(22-2)9-6-12/h5-11H,3-4H2,1-2H3,(H,19,21). The number of carbonyl (C=O) groups excluding carboxylic acids is 1. The van der Waals surface area contributed by atoms with Crippen LogP contribution in [0.25, 0.3) is 22.6 Å². The van der Waals surface area contributed by atoms with E-state index in [1.165, 1.54) is 0 Å². The highest BCUT2D eigenvalue weighted by molar-refractivity contribution is 5.93. The summed E-state index contributed by atoms with van der Waals surface area (Å²) in [6.45, 7) is 1.97. The lowest BCUT2D eigenvalue weighted by atomic mass is 10.2. The molecule has 5 nitrogen and oxygen atoms in total. The van der Waals surface area contributed by atoms with Crippen molar-refractivity contribution in [2.24, 2.45) is 0 Å². The SMILES string of the molecule is CCCC(=O)Nc1ccc2oc(-c3ccc(OC)cc3)nc2c1. The summed E-state index contributed by atoms with van der Waals surface area (Å²) in [5.74, 6) is 1.33. The first-order valence-electron chi connectivity index (χ1n) is 7.54. The number of carbonyl (C=O) groups is 1. The Kier molecular flexibility index (Phi) is 4.28. The van der Waals surface area contributed by atoms with Crippen molar-refractivity contribution in [2.45, 2.75) is 19.8 Å². The van der Waals surface area contributed by atoms with Crippen molar-refractivity contribution >= 4 is 22.7 Å². The molecule has 0 saturated heterocycles. The highest BCUT2D eigenvalue weighted by atomic mass is 16.5. The third kappa shape index (κ3) is 3.34. The van der Waals surface area contributed by atoms with Gasteiger partial charge in [0.15, 0.2) is 5.58 Å². The van der Waals surface area contributed by atoms with Crippen molar-refractivity contribution in [1.82, 2.24) is 4.98 Å². The van der Waals surface area contributed by atoms with E-state index in [4.69, 9.17) is 9.15 Å². The summed E-state index contributed by atoms with van der Waals surface area (Å²) >= 11 is 0. The maximum absolute atomic E-state index is 11.7. The van der Waals surface area contributed by atoms with Gasteiger partial charge in [0.2, 0.25) is 11.8 Å². The predicted molar refractivity (Wildman–Crippen MR) is 89.5 cm³/mol. The highest BCUT2D eigenvalue weighted by Gasteiger charge is 2.10. The van der Waals surface area contributed by atoms with E-state index in [2.05, 4.69) is 10.3 Å². The minimum absolute atomic E-state index is 0.00530. The van der Waals surface area contributed by atoms with Gasteiger partial charge in [0.25, 0.3) is 0 Å². The van der Waals surface area contributed by atoms with Crippen molar-refractivity contribution in [3.8, 4) is 17.2 Å². The molecule has 0 aliphatic heterocycles. The Morgan fingerprint density at radius 3 is 2.70 bits per heavy atom. The summed E-state index contributed by atoms with van der Waals surface area (Å²) < 4.78 is 10.9. The second-order valence-corrected chi connectivity index (χ2v) is 5.23. The number of fused-ring (bicyclic) bond motifs is 1. The number of rotatable bonds is 5. The van der Waals surface area contributed by atoms with Gasteiger partial charge in [-0.25, -0.2) is 4.98 Å². The molecule has 1 aromatic heterocycles. The van der Waals surface area contributed by atoms with Crippen LogP contribution in [-0.4, -0.2) is 18.0 Å². The van der Waals surface area contributed by atoms with Gasteiger partial charge in [0.1, 0.15) is 11.3 Å². The van der Waals surface area contributed by atoms with Crippen LogP contribution in [0.3, 0.4) is 0 Å². The maximum Gasteiger partial charge on any atom is 0.227 e. The van der Waals surface area contributed by atoms with Gasteiger partial charge < -0.3 is 14.5 Å². The molecule has 1 amide bonds. The Bertz CT molecular complexity index is 822. The largest absolute Gasteiger partial charge is 0.497 e. The molecular formula is C18H18N2O3. The molecule has 1 heterocycles. The number of benzene rings is 2. The topological polar surface area (TPSA) is 64.4 Å². The van der Waals surface area contributed by atoms with Crippen LogP contribution in [0.4, 0.5) is 5.69 Å². The van der Waals surface area contributed by atoms with E-state index >= 15 is 0 Å². The van der Waals surface area contributed by atoms with Gasteiger partial charge in [-0.3, -0.25) is 4.79 Å². The Morgan fingerprint density at radius 1 is 1.22 bits per heavy atom. The number of oxazole rings is 1. The molecule has 118 valence electrons. The number of ether oxygens (including phenoxy) is 1. The van der Waals surface area contributed by atoms with E-state index in [0.717, 1.165) is 23.4 Å². The van der Waals surface area contributed by atoms with E-state index in [9.17, 15) is 4.79 Å². The number of methoxy groups -OCH3 is 1. The van der Waals surface area contributed by atoms with E-state index in [1.54, 1.807) is 7.11 Å². The van der Waals surface area contributed by atoms with Crippen LogP contribution in [0.5, 0.6) is 5.75 Å². The molecule has 0 aliphatic carbocycles. The zero-order valence-electron chi connectivity index (χ0n) is 13.1. The summed E-state index contributed by atoms with van der Waals surface area (Å²) in [7, 11) is 1.63. The molecule has 2 aromatic carbocycles. The Balaban J connectivity index is 1.87. The molecular weight excluding hydrogens is 292 g/mol. The van der Waals surface area contributed by atoms with Crippen molar-refractivity contribution in [3.05, 3.63) is 42.5 Å². The second kappa shape index (κ2) is 6.52. The average Bonchev–Trinajstić information content (AvgIpc) is 2.98. The smallest absolute Gasteiger partial charge is 0.227 e. The molecule has 23 heavy (non-hydrogen) atoms. The third-order valence-electron chi connectivity index (χ3n) is 3.49. The quantitative estimate of drug-likeness (QED) is 0.765. The van der Waals surface area contributed by atoms with Gasteiger partial charge in [-0.2, -0.15) is 0 Å². The van der Waals surface area contributed by atoms with Crippen LogP contribution in [0.15, 0.2) is 46.9 Å². The van der Waals surface area contributed by atoms with Gasteiger partial charge in [0, 0.05) is 17.7 Å². The summed E-state index contributed by atoms with van der Waals surface area (Å²) in [6, 6.07) is 13.0. The summed E-state index contributed by atoms with van der Waals surface area (Å²) in [5.41, 5.74) is 3.00. The van der Waals surface area contributed by atoms with Crippen LogP contribution in [0.2, 0.25) is 0 Å². The first-order chi connectivity index (χ1) is 11.2. The monoisotopic (exact) mass is 310 g/mol. The van der Waals surface area contributed by atoms with E-state index < -0.39 is 0 Å². The van der Waals surface area contributed by atoms with Crippen molar-refractivity contribution in [3.63, 3.8) is 0 Å². The molecule has 0 aliphatic rings. The van der Waals surface area contributed by atoms with Crippen LogP contribution in [0, 0.1) is 0 Å². The van der Waals surface area contributed by atoms with Gasteiger partial charge in [0.05, 0.1) is 7.11 Å². The molecule has 1 N–H and O–H groups in total. The molecule has 0 saturated carbocycles. The molecule has 0 radical (unpaired) electrons. The van der Waals surface area contributed by atoms with E-state index in [1.807, 2.05) is 49.4 Å². The fourth-order valence-electron chi connectivity index (χ4n) is 2.31. The minimum atomic E-state index is 0.00530. The van der Waals surface area contributed by atoms with Gasteiger partial charge in [-0.1, -0.05) is 6.92 Å². The fraction of sp³-hybridized carbons (Fsp3) is 0.222. The lowest BCUT2D eigenvalue weighted by Crippen LogP contribution is -2.10. The first-order valence-corrected chi connectivity index (χ1v) is 7.54. The Labute approximate surface area is 134 Å². The van der Waals surface area contributed by atoms with Crippen LogP contribution in [-0.2, 0) is 4.79 Å². The normalized spacial score (nSPS) is 10.7. The Hall–Kier alpha value is -2.82. The molecule has 0 atom stereocenters.